The Kier molecular flexibility index (Phi) is 6.20. The maximum absolute atomic E-state index is 12.2. The van der Waals surface area contributed by atoms with Crippen LogP contribution in [0, 0.1) is 0 Å². The highest BCUT2D eigenvalue weighted by molar-refractivity contribution is 5.75. The van der Waals surface area contributed by atoms with Crippen molar-refractivity contribution in [3.63, 3.8) is 0 Å². The Morgan fingerprint density at radius 3 is 2.58 bits per heavy atom. The predicted octanol–water partition coefficient (Wildman–Crippen LogP) is 2.04. The summed E-state index contributed by atoms with van der Waals surface area (Å²) in [6, 6.07) is 6.13. The van der Waals surface area contributed by atoms with Crippen LogP contribution in [0.5, 0.6) is 5.75 Å². The molecule has 142 valence electrons. The Labute approximate surface area is 154 Å². The van der Waals surface area contributed by atoms with Crippen molar-refractivity contribution in [2.75, 3.05) is 45.9 Å². The minimum Gasteiger partial charge on any atom is -0.492 e. The number of piperazine rings is 1. The molecule has 7 nitrogen and oxygen atoms in total. The van der Waals surface area contributed by atoms with Gasteiger partial charge >= 0.3 is 12.1 Å². The van der Waals surface area contributed by atoms with Crippen molar-refractivity contribution in [2.24, 2.45) is 0 Å². The average Bonchev–Trinajstić information content (AvgIpc) is 3.13. The Bertz CT molecular complexity index is 642. The second-order valence-corrected chi connectivity index (χ2v) is 6.54. The number of carbonyl (C=O) groups excluding carboxylic acids is 2. The molecule has 1 aromatic carbocycles. The van der Waals surface area contributed by atoms with Crippen molar-refractivity contribution >= 4 is 12.1 Å². The maximum Gasteiger partial charge on any atom is 0.409 e. The van der Waals surface area contributed by atoms with Crippen molar-refractivity contribution in [3.8, 4) is 5.75 Å². The topological polar surface area (TPSA) is 71.1 Å². The van der Waals surface area contributed by atoms with Crippen LogP contribution < -0.4 is 10.1 Å². The third kappa shape index (κ3) is 4.59. The van der Waals surface area contributed by atoms with Crippen LogP contribution in [0.2, 0.25) is 0 Å². The van der Waals surface area contributed by atoms with Gasteiger partial charge in [-0.1, -0.05) is 6.07 Å². The molecule has 1 N–H and O–H groups in total. The molecule has 0 unspecified atom stereocenters. The monoisotopic (exact) mass is 361 g/mol. The molecular weight excluding hydrogens is 334 g/mol. The summed E-state index contributed by atoms with van der Waals surface area (Å²) in [5.41, 5.74) is 2.80. The molecule has 26 heavy (non-hydrogen) atoms. The van der Waals surface area contributed by atoms with Crippen LogP contribution >= 0.6 is 0 Å². The van der Waals surface area contributed by atoms with Gasteiger partial charge in [-0.2, -0.15) is 0 Å². The number of aryl methyl sites for hydroxylation is 2. The molecule has 1 aromatic rings. The molecule has 0 saturated carbocycles. The molecule has 3 amide bonds. The van der Waals surface area contributed by atoms with E-state index in [0.29, 0.717) is 45.9 Å². The lowest BCUT2D eigenvalue weighted by Gasteiger charge is -2.33. The lowest BCUT2D eigenvalue weighted by atomic mass is 10.1. The molecule has 1 heterocycles. The second kappa shape index (κ2) is 8.78. The zero-order valence-electron chi connectivity index (χ0n) is 15.3. The van der Waals surface area contributed by atoms with Crippen LogP contribution in [0.25, 0.3) is 0 Å². The van der Waals surface area contributed by atoms with E-state index in [-0.39, 0.29) is 12.1 Å². The zero-order chi connectivity index (χ0) is 18.4. The number of fused-ring (bicyclic) bond motifs is 1. The van der Waals surface area contributed by atoms with Crippen molar-refractivity contribution < 1.29 is 19.1 Å². The molecule has 1 aliphatic carbocycles. The summed E-state index contributed by atoms with van der Waals surface area (Å²) in [7, 11) is 0. The fourth-order valence-corrected chi connectivity index (χ4v) is 3.38. The molecule has 7 heteroatoms. The number of rotatable bonds is 5. The van der Waals surface area contributed by atoms with E-state index < -0.39 is 0 Å². The zero-order valence-corrected chi connectivity index (χ0v) is 15.3. The summed E-state index contributed by atoms with van der Waals surface area (Å²) < 4.78 is 10.7. The van der Waals surface area contributed by atoms with Gasteiger partial charge in [0.1, 0.15) is 12.4 Å². The fourth-order valence-electron chi connectivity index (χ4n) is 3.38. The molecule has 1 saturated heterocycles. The highest BCUT2D eigenvalue weighted by Gasteiger charge is 2.24. The maximum atomic E-state index is 12.2. The van der Waals surface area contributed by atoms with Gasteiger partial charge in [-0.05, 0) is 49.4 Å². The average molecular weight is 361 g/mol. The van der Waals surface area contributed by atoms with E-state index in [1.807, 2.05) is 6.07 Å². The van der Waals surface area contributed by atoms with E-state index in [4.69, 9.17) is 9.47 Å². The number of amides is 3. The van der Waals surface area contributed by atoms with E-state index >= 15 is 0 Å². The van der Waals surface area contributed by atoms with Gasteiger partial charge in [0, 0.05) is 26.2 Å². The van der Waals surface area contributed by atoms with E-state index in [9.17, 15) is 9.59 Å². The lowest BCUT2D eigenvalue weighted by Crippen LogP contribution is -2.53. The molecule has 1 fully saturated rings. The minimum absolute atomic E-state index is 0.119. The Balaban J connectivity index is 1.34. The summed E-state index contributed by atoms with van der Waals surface area (Å²) >= 11 is 0. The van der Waals surface area contributed by atoms with Gasteiger partial charge in [-0.3, -0.25) is 0 Å². The summed E-state index contributed by atoms with van der Waals surface area (Å²) in [5, 5.41) is 2.87. The van der Waals surface area contributed by atoms with Crippen molar-refractivity contribution in [3.05, 3.63) is 29.3 Å². The molecule has 0 radical (unpaired) electrons. The number of nitrogens with one attached hydrogen (secondary N) is 1. The Morgan fingerprint density at radius 1 is 1.08 bits per heavy atom. The lowest BCUT2D eigenvalue weighted by molar-refractivity contribution is 0.0851. The predicted molar refractivity (Wildman–Crippen MR) is 97.5 cm³/mol. The van der Waals surface area contributed by atoms with Crippen molar-refractivity contribution in [1.82, 2.24) is 15.1 Å². The number of ether oxygens (including phenoxy) is 2. The first-order valence-electron chi connectivity index (χ1n) is 9.36. The molecule has 0 aromatic heterocycles. The van der Waals surface area contributed by atoms with Crippen LogP contribution in [-0.4, -0.2) is 67.9 Å². The second-order valence-electron chi connectivity index (χ2n) is 6.54. The van der Waals surface area contributed by atoms with Gasteiger partial charge in [0.2, 0.25) is 0 Å². The number of nitrogens with zero attached hydrogens (tertiary/aromatic N) is 2. The van der Waals surface area contributed by atoms with E-state index in [1.54, 1.807) is 16.7 Å². The highest BCUT2D eigenvalue weighted by atomic mass is 16.6. The Morgan fingerprint density at radius 2 is 1.81 bits per heavy atom. The summed E-state index contributed by atoms with van der Waals surface area (Å²) in [6.07, 6.45) is 3.20. The fraction of sp³-hybridized carbons (Fsp3) is 0.579. The minimum atomic E-state index is -0.310. The largest absolute Gasteiger partial charge is 0.492 e. The van der Waals surface area contributed by atoms with Crippen LogP contribution in [0.3, 0.4) is 0 Å². The highest BCUT2D eigenvalue weighted by Crippen LogP contribution is 2.25. The van der Waals surface area contributed by atoms with Crippen LogP contribution in [0.15, 0.2) is 18.2 Å². The number of carbonyl (C=O) groups is 2. The van der Waals surface area contributed by atoms with Crippen molar-refractivity contribution in [2.45, 2.75) is 26.2 Å². The first-order chi connectivity index (χ1) is 12.7. The van der Waals surface area contributed by atoms with Gasteiger partial charge in [-0.25, -0.2) is 9.59 Å². The van der Waals surface area contributed by atoms with Gasteiger partial charge in [0.25, 0.3) is 0 Å². The SMILES string of the molecule is CCOC(=O)N1CCN(C(=O)NCCOc2ccc3c(c2)CCC3)CC1. The van der Waals surface area contributed by atoms with Crippen LogP contribution in [0.1, 0.15) is 24.5 Å². The summed E-state index contributed by atoms with van der Waals surface area (Å²) in [5.74, 6) is 0.864. The standard InChI is InChI=1S/C19H27N3O4/c1-2-25-19(24)22-11-9-21(10-12-22)18(23)20-8-13-26-17-7-6-15-4-3-5-16(15)14-17/h6-7,14H,2-5,8-13H2,1H3,(H,20,23). The smallest absolute Gasteiger partial charge is 0.409 e. The van der Waals surface area contributed by atoms with E-state index in [1.165, 1.54) is 17.5 Å². The van der Waals surface area contributed by atoms with Gasteiger partial charge < -0.3 is 24.6 Å². The number of hydrogen-bond donors (Lipinski definition) is 1. The third-order valence-electron chi connectivity index (χ3n) is 4.81. The molecule has 3 rings (SSSR count). The Hall–Kier alpha value is -2.44. The summed E-state index contributed by atoms with van der Waals surface area (Å²) in [6.45, 7) is 5.06. The molecule has 0 bridgehead atoms. The number of benzene rings is 1. The first kappa shape index (κ1) is 18.4. The molecule has 1 aliphatic heterocycles. The summed E-state index contributed by atoms with van der Waals surface area (Å²) in [4.78, 5) is 27.2. The van der Waals surface area contributed by atoms with Gasteiger partial charge in [0.05, 0.1) is 13.2 Å². The first-order valence-corrected chi connectivity index (χ1v) is 9.36. The molecule has 0 spiro atoms. The molecule has 2 aliphatic rings. The normalized spacial score (nSPS) is 16.2. The van der Waals surface area contributed by atoms with E-state index in [2.05, 4.69) is 17.4 Å². The van der Waals surface area contributed by atoms with Crippen molar-refractivity contribution in [1.29, 1.82) is 0 Å². The number of urea groups is 1. The number of hydrogen-bond acceptors (Lipinski definition) is 4. The molecule has 0 atom stereocenters. The quantitative estimate of drug-likeness (QED) is 0.815. The van der Waals surface area contributed by atoms with E-state index in [0.717, 1.165) is 18.6 Å². The molecular formula is C19H27N3O4. The van der Waals surface area contributed by atoms with Crippen LogP contribution in [0.4, 0.5) is 9.59 Å². The van der Waals surface area contributed by atoms with Crippen LogP contribution in [-0.2, 0) is 17.6 Å². The van der Waals surface area contributed by atoms with Gasteiger partial charge in [0.15, 0.2) is 0 Å². The van der Waals surface area contributed by atoms with Gasteiger partial charge in [-0.15, -0.1) is 0 Å². The third-order valence-corrected chi connectivity index (χ3v) is 4.81.